The van der Waals surface area contributed by atoms with Gasteiger partial charge in [0.1, 0.15) is 0 Å². The molecule has 33 heavy (non-hydrogen) atoms. The van der Waals surface area contributed by atoms with Gasteiger partial charge in [0.05, 0.1) is 98.6 Å². The second-order valence-electron chi connectivity index (χ2n) is 7.97. The Kier molecular flexibility index (Phi) is 29.4. The first-order valence-corrected chi connectivity index (χ1v) is 12.9. The van der Waals surface area contributed by atoms with E-state index in [9.17, 15) is 0 Å². The van der Waals surface area contributed by atoms with Crippen LogP contribution < -0.4 is 0 Å². The molecule has 0 aromatic rings. The van der Waals surface area contributed by atoms with Crippen LogP contribution >= 0.6 is 0 Å². The average Bonchev–Trinajstić information content (AvgIpc) is 2.80. The molecule has 0 aliphatic carbocycles. The molecule has 0 bridgehead atoms. The lowest BCUT2D eigenvalue weighted by molar-refractivity contribution is -0.0256. The van der Waals surface area contributed by atoms with Crippen LogP contribution in [0, 0.1) is 0 Å². The van der Waals surface area contributed by atoms with Crippen molar-refractivity contribution in [3.8, 4) is 0 Å². The maximum absolute atomic E-state index is 5.57. The molecule has 0 aromatic carbocycles. The highest BCUT2D eigenvalue weighted by molar-refractivity contribution is 4.44. The molecule has 8 heteroatoms. The summed E-state index contributed by atoms with van der Waals surface area (Å²) in [6.07, 6.45) is 7.97. The van der Waals surface area contributed by atoms with Crippen molar-refractivity contribution >= 4 is 0 Å². The Bertz CT molecular complexity index is 344. The van der Waals surface area contributed by atoms with Gasteiger partial charge in [-0.2, -0.15) is 0 Å². The lowest BCUT2D eigenvalue weighted by atomic mass is 10.1. The standard InChI is InChI=1S/C25H52O8/c1-4-5-6-7-8-9-10-26-11-12-27-13-14-28-15-16-29-17-18-30-19-20-31-21-22-32-23-24-33-25(2)3/h25H,4-24H2,1-3H3. The van der Waals surface area contributed by atoms with E-state index in [-0.39, 0.29) is 6.10 Å². The van der Waals surface area contributed by atoms with Crippen molar-refractivity contribution in [2.24, 2.45) is 0 Å². The smallest absolute Gasteiger partial charge is 0.0703 e. The molecule has 0 rings (SSSR count). The normalized spacial score (nSPS) is 11.6. The van der Waals surface area contributed by atoms with Crippen molar-refractivity contribution in [3.63, 3.8) is 0 Å². The van der Waals surface area contributed by atoms with Crippen molar-refractivity contribution in [2.45, 2.75) is 65.4 Å². The van der Waals surface area contributed by atoms with Gasteiger partial charge < -0.3 is 37.9 Å². The van der Waals surface area contributed by atoms with Gasteiger partial charge in [0.15, 0.2) is 0 Å². The van der Waals surface area contributed by atoms with Crippen molar-refractivity contribution in [1.82, 2.24) is 0 Å². The lowest BCUT2D eigenvalue weighted by Gasteiger charge is -2.09. The van der Waals surface area contributed by atoms with Crippen LogP contribution in [0.1, 0.15) is 59.3 Å². The third kappa shape index (κ3) is 31.7. The maximum Gasteiger partial charge on any atom is 0.0703 e. The van der Waals surface area contributed by atoms with Gasteiger partial charge in [-0.3, -0.25) is 0 Å². The molecule has 0 atom stereocenters. The molecule has 0 aliphatic heterocycles. The summed E-state index contributed by atoms with van der Waals surface area (Å²) in [5, 5.41) is 0. The zero-order chi connectivity index (χ0) is 24.1. The van der Waals surface area contributed by atoms with Crippen LogP contribution in [-0.2, 0) is 37.9 Å². The summed E-state index contributed by atoms with van der Waals surface area (Å²) in [5.41, 5.74) is 0. The molecule has 0 N–H and O–H groups in total. The van der Waals surface area contributed by atoms with Gasteiger partial charge >= 0.3 is 0 Å². The van der Waals surface area contributed by atoms with Crippen LogP contribution in [0.2, 0.25) is 0 Å². The Labute approximate surface area is 202 Å². The molecule has 0 heterocycles. The fourth-order valence-corrected chi connectivity index (χ4v) is 2.75. The predicted molar refractivity (Wildman–Crippen MR) is 130 cm³/mol. The first kappa shape index (κ1) is 32.7. The first-order valence-electron chi connectivity index (χ1n) is 12.9. The molecular formula is C25H52O8. The minimum absolute atomic E-state index is 0.244. The third-order valence-electron chi connectivity index (χ3n) is 4.55. The Morgan fingerprint density at radius 2 is 0.667 bits per heavy atom. The quantitative estimate of drug-likeness (QED) is 0.149. The number of ether oxygens (including phenoxy) is 8. The number of hydrogen-bond donors (Lipinski definition) is 0. The van der Waals surface area contributed by atoms with Crippen molar-refractivity contribution in [3.05, 3.63) is 0 Å². The molecule has 0 spiro atoms. The molecule has 0 saturated carbocycles. The molecule has 0 aliphatic rings. The minimum atomic E-state index is 0.244. The Hall–Kier alpha value is -0.320. The van der Waals surface area contributed by atoms with Crippen LogP contribution in [0.25, 0.3) is 0 Å². The molecule has 0 radical (unpaired) electrons. The molecule has 0 fully saturated rings. The summed E-state index contributed by atoms with van der Waals surface area (Å²) in [6, 6.07) is 0. The summed E-state index contributed by atoms with van der Waals surface area (Å²) in [4.78, 5) is 0. The Morgan fingerprint density at radius 1 is 0.364 bits per heavy atom. The van der Waals surface area contributed by atoms with E-state index >= 15 is 0 Å². The van der Waals surface area contributed by atoms with Crippen LogP contribution in [0.4, 0.5) is 0 Å². The van der Waals surface area contributed by atoms with E-state index < -0.39 is 0 Å². The molecule has 0 saturated heterocycles. The van der Waals surface area contributed by atoms with Gasteiger partial charge in [0.2, 0.25) is 0 Å². The first-order chi connectivity index (χ1) is 16.3. The van der Waals surface area contributed by atoms with Gasteiger partial charge in [-0.25, -0.2) is 0 Å². The molecule has 0 amide bonds. The maximum atomic E-state index is 5.57. The van der Waals surface area contributed by atoms with Crippen LogP contribution in [0.15, 0.2) is 0 Å². The fraction of sp³-hybridized carbons (Fsp3) is 1.00. The predicted octanol–water partition coefficient (Wildman–Crippen LogP) is 3.89. The highest BCUT2D eigenvalue weighted by Crippen LogP contribution is 2.04. The minimum Gasteiger partial charge on any atom is -0.379 e. The Balaban J connectivity index is 3.00. The van der Waals surface area contributed by atoms with Crippen LogP contribution in [-0.4, -0.2) is 105 Å². The third-order valence-corrected chi connectivity index (χ3v) is 4.55. The number of rotatable bonds is 29. The van der Waals surface area contributed by atoms with E-state index in [1.165, 1.54) is 32.1 Å². The number of hydrogen-bond acceptors (Lipinski definition) is 8. The van der Waals surface area contributed by atoms with Gasteiger partial charge in [-0.15, -0.1) is 0 Å². The van der Waals surface area contributed by atoms with Crippen LogP contribution in [0.3, 0.4) is 0 Å². The zero-order valence-electron chi connectivity index (χ0n) is 21.7. The monoisotopic (exact) mass is 480 g/mol. The van der Waals surface area contributed by atoms with Gasteiger partial charge in [0.25, 0.3) is 0 Å². The number of unbranched alkanes of at least 4 members (excludes halogenated alkanes) is 5. The molecule has 8 nitrogen and oxygen atoms in total. The van der Waals surface area contributed by atoms with Crippen molar-refractivity contribution in [2.75, 3.05) is 99.1 Å². The summed E-state index contributed by atoms with van der Waals surface area (Å²) in [5.74, 6) is 0. The van der Waals surface area contributed by atoms with Crippen molar-refractivity contribution < 1.29 is 37.9 Å². The molecule has 0 unspecified atom stereocenters. The summed E-state index contributed by atoms with van der Waals surface area (Å²) < 4.78 is 43.7. The highest BCUT2D eigenvalue weighted by Gasteiger charge is 1.96. The van der Waals surface area contributed by atoms with Crippen LogP contribution in [0.5, 0.6) is 0 Å². The Morgan fingerprint density at radius 3 is 1.03 bits per heavy atom. The largest absolute Gasteiger partial charge is 0.379 e. The van der Waals surface area contributed by atoms with Gasteiger partial charge in [0, 0.05) is 6.61 Å². The highest BCUT2D eigenvalue weighted by atomic mass is 16.6. The lowest BCUT2D eigenvalue weighted by Crippen LogP contribution is -2.15. The van der Waals surface area contributed by atoms with E-state index in [0.29, 0.717) is 92.5 Å². The molecule has 200 valence electrons. The summed E-state index contributed by atoms with van der Waals surface area (Å²) in [7, 11) is 0. The van der Waals surface area contributed by atoms with Crippen molar-refractivity contribution in [1.29, 1.82) is 0 Å². The SMILES string of the molecule is CCCCCCCCOCCOCCOCCOCCOCCOCCOCCOC(C)C. The summed E-state index contributed by atoms with van der Waals surface area (Å²) in [6.45, 7) is 15.2. The topological polar surface area (TPSA) is 73.8 Å². The van der Waals surface area contributed by atoms with Gasteiger partial charge in [-0.05, 0) is 20.3 Å². The van der Waals surface area contributed by atoms with E-state index in [0.717, 1.165) is 13.0 Å². The van der Waals surface area contributed by atoms with Gasteiger partial charge in [-0.1, -0.05) is 39.0 Å². The fourth-order valence-electron chi connectivity index (χ4n) is 2.75. The van der Waals surface area contributed by atoms with E-state index in [1.54, 1.807) is 0 Å². The second kappa shape index (κ2) is 29.7. The van der Waals surface area contributed by atoms with E-state index in [1.807, 2.05) is 13.8 Å². The van der Waals surface area contributed by atoms with E-state index in [4.69, 9.17) is 37.9 Å². The second-order valence-corrected chi connectivity index (χ2v) is 7.97. The molecular weight excluding hydrogens is 428 g/mol. The zero-order valence-corrected chi connectivity index (χ0v) is 21.7. The average molecular weight is 481 g/mol. The van der Waals surface area contributed by atoms with E-state index in [2.05, 4.69) is 6.92 Å². The summed E-state index contributed by atoms with van der Waals surface area (Å²) >= 11 is 0. The molecule has 0 aromatic heterocycles.